The highest BCUT2D eigenvalue weighted by atomic mass is 15.1. The van der Waals surface area contributed by atoms with Crippen LogP contribution >= 0.6 is 0 Å². The second-order valence-electron chi connectivity index (χ2n) is 4.90. The summed E-state index contributed by atoms with van der Waals surface area (Å²) in [7, 11) is 0. The van der Waals surface area contributed by atoms with Crippen molar-refractivity contribution < 1.29 is 0 Å². The first-order valence-electron chi connectivity index (χ1n) is 6.54. The van der Waals surface area contributed by atoms with Crippen LogP contribution in [0.2, 0.25) is 0 Å². The minimum absolute atomic E-state index is 0.706. The first kappa shape index (κ1) is 10.6. The highest BCUT2D eigenvalue weighted by molar-refractivity contribution is 5.63. The predicted octanol–water partition coefficient (Wildman–Crippen LogP) is 4.12. The van der Waals surface area contributed by atoms with Crippen molar-refractivity contribution in [3.05, 3.63) is 42.1 Å². The molecule has 1 aliphatic rings. The summed E-state index contributed by atoms with van der Waals surface area (Å²) >= 11 is 0. The van der Waals surface area contributed by atoms with Crippen LogP contribution in [0.1, 0.15) is 43.6 Å². The quantitative estimate of drug-likeness (QED) is 0.819. The van der Waals surface area contributed by atoms with E-state index in [1.54, 1.807) is 0 Å². The number of aromatic nitrogens is 2. The van der Waals surface area contributed by atoms with Crippen LogP contribution in [0, 0.1) is 0 Å². The number of nitrogens with one attached hydrogen (secondary N) is 1. The molecule has 1 aliphatic carbocycles. The lowest BCUT2D eigenvalue weighted by Gasteiger charge is -2.21. The van der Waals surface area contributed by atoms with Gasteiger partial charge in [0.25, 0.3) is 0 Å². The van der Waals surface area contributed by atoms with Crippen LogP contribution in [0.5, 0.6) is 0 Å². The fourth-order valence-electron chi connectivity index (χ4n) is 2.85. The molecule has 0 unspecified atom stereocenters. The third-order valence-corrected chi connectivity index (χ3v) is 3.78. The maximum atomic E-state index is 4.25. The zero-order chi connectivity index (χ0) is 11.5. The van der Waals surface area contributed by atoms with Gasteiger partial charge in [-0.15, -0.1) is 0 Å². The van der Waals surface area contributed by atoms with E-state index in [4.69, 9.17) is 0 Å². The maximum Gasteiger partial charge on any atom is 0.0684 e. The molecule has 1 N–H and O–H groups in total. The number of hydrogen-bond acceptors (Lipinski definition) is 1. The van der Waals surface area contributed by atoms with Gasteiger partial charge in [0.1, 0.15) is 0 Å². The summed E-state index contributed by atoms with van der Waals surface area (Å²) < 4.78 is 0. The van der Waals surface area contributed by atoms with Crippen molar-refractivity contribution in [2.75, 3.05) is 0 Å². The first-order valence-corrected chi connectivity index (χ1v) is 6.54. The fraction of sp³-hybridized carbons (Fsp3) is 0.400. The van der Waals surface area contributed by atoms with Gasteiger partial charge in [-0.25, -0.2) is 0 Å². The van der Waals surface area contributed by atoms with E-state index in [2.05, 4.69) is 40.5 Å². The zero-order valence-electron chi connectivity index (χ0n) is 10.0. The van der Waals surface area contributed by atoms with Crippen molar-refractivity contribution >= 4 is 0 Å². The van der Waals surface area contributed by atoms with E-state index in [1.807, 2.05) is 6.20 Å². The van der Waals surface area contributed by atoms with Crippen molar-refractivity contribution in [3.63, 3.8) is 0 Å². The lowest BCUT2D eigenvalue weighted by atomic mass is 9.83. The molecule has 1 heterocycles. The summed E-state index contributed by atoms with van der Waals surface area (Å²) in [6, 6.07) is 10.5. The molecular weight excluding hydrogens is 208 g/mol. The van der Waals surface area contributed by atoms with Crippen LogP contribution in [0.3, 0.4) is 0 Å². The Morgan fingerprint density at radius 2 is 1.76 bits per heavy atom. The van der Waals surface area contributed by atoms with Gasteiger partial charge in [0.05, 0.1) is 11.9 Å². The molecule has 1 saturated carbocycles. The molecule has 0 radical (unpaired) electrons. The summed E-state index contributed by atoms with van der Waals surface area (Å²) in [5, 5.41) is 7.42. The lowest BCUT2D eigenvalue weighted by Crippen LogP contribution is -2.04. The van der Waals surface area contributed by atoms with Gasteiger partial charge in [-0.2, -0.15) is 5.10 Å². The molecule has 2 aromatic rings. The molecular formula is C15H18N2. The summed E-state index contributed by atoms with van der Waals surface area (Å²) in [5.41, 5.74) is 3.89. The average molecular weight is 226 g/mol. The molecule has 0 bridgehead atoms. The summed E-state index contributed by atoms with van der Waals surface area (Å²) in [6.07, 6.45) is 8.79. The molecule has 2 heteroatoms. The van der Waals surface area contributed by atoms with Crippen LogP contribution in [0.15, 0.2) is 36.5 Å². The Hall–Kier alpha value is -1.57. The molecule has 0 aliphatic heterocycles. The van der Waals surface area contributed by atoms with Crippen molar-refractivity contribution in [1.29, 1.82) is 0 Å². The largest absolute Gasteiger partial charge is 0.278 e. The molecule has 0 atom stereocenters. The Labute approximate surface area is 102 Å². The van der Waals surface area contributed by atoms with Gasteiger partial charge >= 0.3 is 0 Å². The third kappa shape index (κ3) is 2.12. The highest BCUT2D eigenvalue weighted by Gasteiger charge is 2.20. The highest BCUT2D eigenvalue weighted by Crippen LogP contribution is 2.36. The molecule has 0 amide bonds. The van der Waals surface area contributed by atoms with Gasteiger partial charge in [-0.1, -0.05) is 49.6 Å². The molecule has 1 fully saturated rings. The topological polar surface area (TPSA) is 28.7 Å². The van der Waals surface area contributed by atoms with Crippen LogP contribution < -0.4 is 0 Å². The number of hydrogen-bond donors (Lipinski definition) is 1. The van der Waals surface area contributed by atoms with Gasteiger partial charge in [-0.05, 0) is 24.3 Å². The molecule has 2 nitrogen and oxygen atoms in total. The van der Waals surface area contributed by atoms with Gasteiger partial charge in [-0.3, -0.25) is 5.10 Å². The predicted molar refractivity (Wildman–Crippen MR) is 69.8 cm³/mol. The molecule has 0 saturated heterocycles. The van der Waals surface area contributed by atoms with E-state index in [9.17, 15) is 0 Å². The second kappa shape index (κ2) is 4.74. The summed E-state index contributed by atoms with van der Waals surface area (Å²) in [6.45, 7) is 0. The Kier molecular flexibility index (Phi) is 2.95. The van der Waals surface area contributed by atoms with E-state index in [1.165, 1.54) is 48.9 Å². The minimum atomic E-state index is 0.706. The van der Waals surface area contributed by atoms with Gasteiger partial charge in [0, 0.05) is 5.56 Å². The van der Waals surface area contributed by atoms with Gasteiger partial charge in [0.2, 0.25) is 0 Å². The van der Waals surface area contributed by atoms with Gasteiger partial charge in [0.15, 0.2) is 0 Å². The number of rotatable bonds is 2. The van der Waals surface area contributed by atoms with E-state index in [0.29, 0.717) is 5.92 Å². The van der Waals surface area contributed by atoms with Crippen LogP contribution in [0.25, 0.3) is 11.3 Å². The Bertz CT molecular complexity index is 467. The van der Waals surface area contributed by atoms with Gasteiger partial charge < -0.3 is 0 Å². The molecule has 3 rings (SSSR count). The molecule has 88 valence electrons. The average Bonchev–Trinajstić information content (AvgIpc) is 2.90. The Morgan fingerprint density at radius 1 is 1.00 bits per heavy atom. The van der Waals surface area contributed by atoms with Crippen LogP contribution in [-0.2, 0) is 0 Å². The Balaban J connectivity index is 1.93. The SMILES string of the molecule is c1ccc(-c2[nH]ncc2C2CCCCC2)cc1. The lowest BCUT2D eigenvalue weighted by molar-refractivity contribution is 0.444. The number of nitrogens with zero attached hydrogens (tertiary/aromatic N) is 1. The van der Waals surface area contributed by atoms with Crippen molar-refractivity contribution in [3.8, 4) is 11.3 Å². The zero-order valence-corrected chi connectivity index (χ0v) is 10.0. The Morgan fingerprint density at radius 3 is 2.53 bits per heavy atom. The van der Waals surface area contributed by atoms with Crippen molar-refractivity contribution in [2.45, 2.75) is 38.0 Å². The molecule has 1 aromatic heterocycles. The second-order valence-corrected chi connectivity index (χ2v) is 4.90. The van der Waals surface area contributed by atoms with Crippen molar-refractivity contribution in [2.24, 2.45) is 0 Å². The van der Waals surface area contributed by atoms with Crippen LogP contribution in [0.4, 0.5) is 0 Å². The monoisotopic (exact) mass is 226 g/mol. The molecule has 0 spiro atoms. The molecule has 1 aromatic carbocycles. The standard InChI is InChI=1S/C15H18N2/c1-3-7-12(8-4-1)14-11-16-17-15(14)13-9-5-2-6-10-13/h2,5-6,9-12H,1,3-4,7-8H2,(H,16,17). The summed E-state index contributed by atoms with van der Waals surface area (Å²) in [5.74, 6) is 0.706. The minimum Gasteiger partial charge on any atom is -0.278 e. The third-order valence-electron chi connectivity index (χ3n) is 3.78. The normalized spacial score (nSPS) is 17.2. The van der Waals surface area contributed by atoms with E-state index in [0.717, 1.165) is 0 Å². The first-order chi connectivity index (χ1) is 8.45. The molecule has 17 heavy (non-hydrogen) atoms. The van der Waals surface area contributed by atoms with E-state index < -0.39 is 0 Å². The smallest absolute Gasteiger partial charge is 0.0684 e. The number of H-pyrrole nitrogens is 1. The van der Waals surface area contributed by atoms with E-state index >= 15 is 0 Å². The number of aromatic amines is 1. The van der Waals surface area contributed by atoms with E-state index in [-0.39, 0.29) is 0 Å². The van der Waals surface area contributed by atoms with Crippen molar-refractivity contribution in [1.82, 2.24) is 10.2 Å². The summed E-state index contributed by atoms with van der Waals surface area (Å²) in [4.78, 5) is 0. The fourth-order valence-corrected chi connectivity index (χ4v) is 2.85. The maximum absolute atomic E-state index is 4.25. The van der Waals surface area contributed by atoms with Crippen LogP contribution in [-0.4, -0.2) is 10.2 Å². The number of benzene rings is 1.